The van der Waals surface area contributed by atoms with E-state index in [0.29, 0.717) is 12.8 Å². The van der Waals surface area contributed by atoms with Gasteiger partial charge in [0.1, 0.15) is 12.1 Å². The number of rotatable bonds is 5. The first-order valence-electron chi connectivity index (χ1n) is 7.90. The van der Waals surface area contributed by atoms with E-state index in [1.54, 1.807) is 0 Å². The second-order valence-electron chi connectivity index (χ2n) is 5.85. The number of methoxy groups -OCH3 is 1. The van der Waals surface area contributed by atoms with Gasteiger partial charge in [-0.3, -0.25) is 4.79 Å². The Morgan fingerprint density at radius 2 is 1.84 bits per heavy atom. The maximum atomic E-state index is 14.0. The van der Waals surface area contributed by atoms with Gasteiger partial charge in [0.15, 0.2) is 17.4 Å². The molecule has 1 aliphatic rings. The fraction of sp³-hybridized carbons (Fsp3) is 0.444. The first kappa shape index (κ1) is 18.7. The fourth-order valence-corrected chi connectivity index (χ4v) is 2.96. The zero-order valence-electron chi connectivity index (χ0n) is 13.9. The molecule has 1 aromatic carbocycles. The van der Waals surface area contributed by atoms with Crippen LogP contribution in [0.4, 0.5) is 8.78 Å². The van der Waals surface area contributed by atoms with Crippen molar-refractivity contribution in [2.24, 2.45) is 0 Å². The quantitative estimate of drug-likeness (QED) is 0.654. The van der Waals surface area contributed by atoms with Gasteiger partial charge in [0.25, 0.3) is 5.91 Å². The molecule has 1 aromatic rings. The summed E-state index contributed by atoms with van der Waals surface area (Å²) in [6.45, 7) is -0.301. The molecule has 25 heavy (non-hydrogen) atoms. The molecule has 0 saturated heterocycles. The first-order valence-corrected chi connectivity index (χ1v) is 7.90. The molecule has 0 aromatic heterocycles. The van der Waals surface area contributed by atoms with Gasteiger partial charge in [0.2, 0.25) is 0 Å². The predicted octanol–water partition coefficient (Wildman–Crippen LogP) is 2.58. The molecule has 0 radical (unpaired) electrons. The number of carbonyl (C=O) groups is 2. The summed E-state index contributed by atoms with van der Waals surface area (Å²) >= 11 is 0. The van der Waals surface area contributed by atoms with Gasteiger partial charge >= 0.3 is 5.97 Å². The van der Waals surface area contributed by atoms with Crippen molar-refractivity contribution < 1.29 is 27.8 Å². The summed E-state index contributed by atoms with van der Waals surface area (Å²) in [5.74, 6) is -1.95. The summed E-state index contributed by atoms with van der Waals surface area (Å²) in [6, 6.07) is 1.69. The summed E-state index contributed by atoms with van der Waals surface area (Å²) in [7, 11) is 1.24. The third-order valence-electron chi connectivity index (χ3n) is 4.20. The molecule has 7 heteroatoms. The van der Waals surface area contributed by atoms with E-state index in [9.17, 15) is 18.4 Å². The van der Waals surface area contributed by atoms with Crippen LogP contribution in [0.5, 0.6) is 5.75 Å². The standard InChI is InChI=1S/C18H19F2NO4/c1-3-9-25-15-13(19)10-12(11-14(15)20)16(22)21-18(17(23)24-2)7-5-4-6-8-18/h1,10-11H,4-9H2,2H3,(H,21,22). The number of benzene rings is 1. The topological polar surface area (TPSA) is 64.6 Å². The molecule has 1 fully saturated rings. The van der Waals surface area contributed by atoms with Crippen molar-refractivity contribution in [3.05, 3.63) is 29.3 Å². The molecule has 0 unspecified atom stereocenters. The maximum absolute atomic E-state index is 14.0. The molecule has 134 valence electrons. The summed E-state index contributed by atoms with van der Waals surface area (Å²) in [6.07, 6.45) is 8.26. The number of carbonyl (C=O) groups excluding carboxylic acids is 2. The third kappa shape index (κ3) is 4.08. The van der Waals surface area contributed by atoms with E-state index in [0.717, 1.165) is 31.4 Å². The van der Waals surface area contributed by atoms with Gasteiger partial charge < -0.3 is 14.8 Å². The molecule has 0 spiro atoms. The van der Waals surface area contributed by atoms with E-state index in [4.69, 9.17) is 15.9 Å². The molecule has 0 bridgehead atoms. The van der Waals surface area contributed by atoms with Crippen molar-refractivity contribution in [2.75, 3.05) is 13.7 Å². The van der Waals surface area contributed by atoms with Gasteiger partial charge in [-0.2, -0.15) is 0 Å². The van der Waals surface area contributed by atoms with Crippen molar-refractivity contribution in [3.8, 4) is 18.1 Å². The number of hydrogen-bond acceptors (Lipinski definition) is 4. The zero-order chi connectivity index (χ0) is 18.4. The molecule has 1 N–H and O–H groups in total. The van der Waals surface area contributed by atoms with Crippen LogP contribution in [0, 0.1) is 24.0 Å². The Kier molecular flexibility index (Phi) is 5.97. The maximum Gasteiger partial charge on any atom is 0.331 e. The van der Waals surface area contributed by atoms with Gasteiger partial charge in [-0.25, -0.2) is 13.6 Å². The fourth-order valence-electron chi connectivity index (χ4n) is 2.96. The average Bonchev–Trinajstić information content (AvgIpc) is 2.61. The lowest BCUT2D eigenvalue weighted by Gasteiger charge is -2.35. The van der Waals surface area contributed by atoms with Crippen LogP contribution in [0.1, 0.15) is 42.5 Å². The Morgan fingerprint density at radius 1 is 1.24 bits per heavy atom. The van der Waals surface area contributed by atoms with Crippen molar-refractivity contribution in [1.29, 1.82) is 0 Å². The molecular weight excluding hydrogens is 332 g/mol. The number of amides is 1. The minimum atomic E-state index is -1.17. The number of terminal acetylenes is 1. The minimum Gasteiger partial charge on any atom is -0.475 e. The lowest BCUT2D eigenvalue weighted by atomic mass is 9.81. The van der Waals surface area contributed by atoms with Crippen LogP contribution in [0.25, 0.3) is 0 Å². The molecule has 1 aliphatic carbocycles. The number of ether oxygens (including phenoxy) is 2. The predicted molar refractivity (Wildman–Crippen MR) is 86.0 cm³/mol. The summed E-state index contributed by atoms with van der Waals surface area (Å²) in [4.78, 5) is 24.6. The highest BCUT2D eigenvalue weighted by atomic mass is 19.1. The largest absolute Gasteiger partial charge is 0.475 e. The van der Waals surface area contributed by atoms with E-state index < -0.39 is 34.8 Å². The van der Waals surface area contributed by atoms with Crippen LogP contribution in [0.2, 0.25) is 0 Å². The molecule has 0 heterocycles. The number of hydrogen-bond donors (Lipinski definition) is 1. The van der Waals surface area contributed by atoms with Gasteiger partial charge in [0, 0.05) is 5.56 Å². The average molecular weight is 351 g/mol. The lowest BCUT2D eigenvalue weighted by Crippen LogP contribution is -2.56. The normalized spacial score (nSPS) is 15.8. The summed E-state index contributed by atoms with van der Waals surface area (Å²) in [5.41, 5.74) is -1.42. The van der Waals surface area contributed by atoms with E-state index in [1.165, 1.54) is 7.11 Å². The molecule has 5 nitrogen and oxygen atoms in total. The third-order valence-corrected chi connectivity index (χ3v) is 4.20. The van der Waals surface area contributed by atoms with Crippen LogP contribution in [0.3, 0.4) is 0 Å². The number of nitrogens with one attached hydrogen (secondary N) is 1. The Hall–Kier alpha value is -2.62. The second kappa shape index (κ2) is 7.97. The van der Waals surface area contributed by atoms with Crippen LogP contribution in [-0.4, -0.2) is 31.1 Å². The van der Waals surface area contributed by atoms with E-state index in [1.807, 2.05) is 0 Å². The second-order valence-corrected chi connectivity index (χ2v) is 5.85. The van der Waals surface area contributed by atoms with Crippen molar-refractivity contribution >= 4 is 11.9 Å². The number of esters is 1. The van der Waals surface area contributed by atoms with Gasteiger partial charge in [0.05, 0.1) is 7.11 Å². The molecule has 0 aliphatic heterocycles. The Morgan fingerprint density at radius 3 is 2.36 bits per heavy atom. The van der Waals surface area contributed by atoms with Crippen LogP contribution < -0.4 is 10.1 Å². The van der Waals surface area contributed by atoms with Gasteiger partial charge in [-0.15, -0.1) is 6.42 Å². The number of halogens is 2. The smallest absolute Gasteiger partial charge is 0.331 e. The van der Waals surface area contributed by atoms with Crippen LogP contribution in [-0.2, 0) is 9.53 Å². The van der Waals surface area contributed by atoms with E-state index >= 15 is 0 Å². The molecule has 1 amide bonds. The van der Waals surface area contributed by atoms with Crippen molar-refractivity contribution in [2.45, 2.75) is 37.6 Å². The highest BCUT2D eigenvalue weighted by Gasteiger charge is 2.42. The Labute approximate surface area is 144 Å². The van der Waals surface area contributed by atoms with Crippen LogP contribution >= 0.6 is 0 Å². The monoisotopic (exact) mass is 351 g/mol. The van der Waals surface area contributed by atoms with Crippen molar-refractivity contribution in [3.63, 3.8) is 0 Å². The Bertz CT molecular complexity index is 683. The Balaban J connectivity index is 2.25. The summed E-state index contributed by atoms with van der Waals surface area (Å²) < 4.78 is 37.6. The lowest BCUT2D eigenvalue weighted by molar-refractivity contribution is -0.149. The van der Waals surface area contributed by atoms with Crippen LogP contribution in [0.15, 0.2) is 12.1 Å². The van der Waals surface area contributed by atoms with Crippen molar-refractivity contribution in [1.82, 2.24) is 5.32 Å². The highest BCUT2D eigenvalue weighted by molar-refractivity contribution is 5.98. The van der Waals surface area contributed by atoms with E-state index in [2.05, 4.69) is 11.2 Å². The van der Waals surface area contributed by atoms with Gasteiger partial charge in [-0.1, -0.05) is 25.2 Å². The SMILES string of the molecule is C#CCOc1c(F)cc(C(=O)NC2(C(=O)OC)CCCCC2)cc1F. The zero-order valence-corrected chi connectivity index (χ0v) is 13.9. The summed E-state index contributed by atoms with van der Waals surface area (Å²) in [5, 5.41) is 2.60. The minimum absolute atomic E-state index is 0.253. The highest BCUT2D eigenvalue weighted by Crippen LogP contribution is 2.30. The van der Waals surface area contributed by atoms with Gasteiger partial charge in [-0.05, 0) is 25.0 Å². The van der Waals surface area contributed by atoms with E-state index in [-0.39, 0.29) is 12.2 Å². The molecule has 1 saturated carbocycles. The first-order chi connectivity index (χ1) is 11.9. The molecule has 0 atom stereocenters. The molecular formula is C18H19F2NO4. The molecule has 2 rings (SSSR count).